The number of carbonyl (C=O) groups excluding carboxylic acids is 1. The highest BCUT2D eigenvalue weighted by Gasteiger charge is 2.17. The minimum atomic E-state index is -0.121. The maximum absolute atomic E-state index is 12.4. The van der Waals surface area contributed by atoms with E-state index in [-0.39, 0.29) is 11.7 Å². The van der Waals surface area contributed by atoms with Crippen LogP contribution >= 0.6 is 11.8 Å². The Morgan fingerprint density at radius 1 is 1.03 bits per heavy atom. The fraction of sp³-hybridized carbons (Fsp3) is 0.136. The van der Waals surface area contributed by atoms with Crippen LogP contribution in [-0.2, 0) is 4.79 Å². The summed E-state index contributed by atoms with van der Waals surface area (Å²) in [7, 11) is 1.61. The summed E-state index contributed by atoms with van der Waals surface area (Å²) in [4.78, 5) is 12.4. The number of hydrogen-bond acceptors (Lipinski definition) is 5. The molecule has 0 radical (unpaired) electrons. The van der Waals surface area contributed by atoms with E-state index in [1.807, 2.05) is 65.1 Å². The standard InChI is InChI=1S/C22H21N5O2S/c1-16-5-7-17(8-6-16)21-24-25-22(27(21)26-13-3-4-14-26)30-15-20(28)23-18-9-11-19(29-2)12-10-18/h3-14H,15H2,1-2H3,(H,23,28). The number of anilines is 1. The molecule has 0 aliphatic heterocycles. The Balaban J connectivity index is 1.52. The van der Waals surface area contributed by atoms with Crippen molar-refractivity contribution in [3.05, 3.63) is 78.6 Å². The number of benzene rings is 2. The first-order valence-corrected chi connectivity index (χ1v) is 10.4. The fourth-order valence-corrected chi connectivity index (χ4v) is 3.64. The molecule has 2 heterocycles. The molecule has 152 valence electrons. The average molecular weight is 420 g/mol. The molecule has 0 atom stereocenters. The van der Waals surface area contributed by atoms with Gasteiger partial charge in [0, 0.05) is 23.6 Å². The molecule has 0 bridgehead atoms. The first-order valence-electron chi connectivity index (χ1n) is 9.37. The zero-order valence-electron chi connectivity index (χ0n) is 16.6. The van der Waals surface area contributed by atoms with Crippen molar-refractivity contribution in [1.82, 2.24) is 19.5 Å². The van der Waals surface area contributed by atoms with Gasteiger partial charge in [0.05, 0.1) is 12.9 Å². The van der Waals surface area contributed by atoms with Gasteiger partial charge in [-0.3, -0.25) is 9.47 Å². The molecule has 0 unspecified atom stereocenters. The van der Waals surface area contributed by atoms with Crippen molar-refractivity contribution >= 4 is 23.4 Å². The van der Waals surface area contributed by atoms with Crippen molar-refractivity contribution < 1.29 is 9.53 Å². The van der Waals surface area contributed by atoms with Crippen molar-refractivity contribution in [2.75, 3.05) is 18.2 Å². The van der Waals surface area contributed by atoms with Crippen molar-refractivity contribution in [3.63, 3.8) is 0 Å². The average Bonchev–Trinajstić information content (AvgIpc) is 3.43. The number of thioether (sulfide) groups is 1. The number of ether oxygens (including phenoxy) is 1. The van der Waals surface area contributed by atoms with Crippen LogP contribution in [0.15, 0.2) is 78.2 Å². The lowest BCUT2D eigenvalue weighted by Crippen LogP contribution is -2.15. The Hall–Kier alpha value is -3.52. The highest BCUT2D eigenvalue weighted by atomic mass is 32.2. The van der Waals surface area contributed by atoms with Gasteiger partial charge < -0.3 is 10.1 Å². The molecule has 7 nitrogen and oxygen atoms in total. The molecule has 0 fully saturated rings. The molecule has 8 heteroatoms. The van der Waals surface area contributed by atoms with Crippen LogP contribution in [0.25, 0.3) is 11.4 Å². The summed E-state index contributed by atoms with van der Waals surface area (Å²) in [5.74, 6) is 1.54. The van der Waals surface area contributed by atoms with Crippen LogP contribution in [0.3, 0.4) is 0 Å². The van der Waals surface area contributed by atoms with Gasteiger partial charge in [-0.2, -0.15) is 0 Å². The maximum atomic E-state index is 12.4. The van der Waals surface area contributed by atoms with Crippen LogP contribution in [0.5, 0.6) is 5.75 Å². The number of aromatic nitrogens is 4. The number of rotatable bonds is 7. The zero-order chi connectivity index (χ0) is 20.9. The molecule has 1 amide bonds. The first kappa shape index (κ1) is 19.8. The van der Waals surface area contributed by atoms with Crippen molar-refractivity contribution in [1.29, 1.82) is 0 Å². The first-order chi connectivity index (χ1) is 14.6. The number of aryl methyl sites for hydroxylation is 1. The lowest BCUT2D eigenvalue weighted by molar-refractivity contribution is -0.113. The van der Waals surface area contributed by atoms with E-state index >= 15 is 0 Å². The highest BCUT2D eigenvalue weighted by Crippen LogP contribution is 2.25. The summed E-state index contributed by atoms with van der Waals surface area (Å²) in [6.07, 6.45) is 3.84. The Kier molecular flexibility index (Phi) is 5.85. The SMILES string of the molecule is COc1ccc(NC(=O)CSc2nnc(-c3ccc(C)cc3)n2-n2cccc2)cc1. The van der Waals surface area contributed by atoms with Gasteiger partial charge in [-0.1, -0.05) is 41.6 Å². The van der Waals surface area contributed by atoms with Crippen LogP contribution in [-0.4, -0.2) is 38.3 Å². The van der Waals surface area contributed by atoms with Crippen molar-refractivity contribution in [2.24, 2.45) is 0 Å². The molecular formula is C22H21N5O2S. The molecule has 0 aliphatic carbocycles. The molecule has 0 spiro atoms. The van der Waals surface area contributed by atoms with Gasteiger partial charge in [-0.25, -0.2) is 4.68 Å². The molecular weight excluding hydrogens is 398 g/mol. The Morgan fingerprint density at radius 3 is 2.40 bits per heavy atom. The second kappa shape index (κ2) is 8.87. The molecule has 2 aromatic carbocycles. The van der Waals surface area contributed by atoms with Gasteiger partial charge in [0.1, 0.15) is 5.75 Å². The van der Waals surface area contributed by atoms with E-state index in [9.17, 15) is 4.79 Å². The van der Waals surface area contributed by atoms with Gasteiger partial charge in [0.2, 0.25) is 11.1 Å². The van der Waals surface area contributed by atoms with Gasteiger partial charge in [0.15, 0.2) is 5.82 Å². The second-order valence-electron chi connectivity index (χ2n) is 6.61. The van der Waals surface area contributed by atoms with E-state index in [0.29, 0.717) is 16.7 Å². The van der Waals surface area contributed by atoms with E-state index < -0.39 is 0 Å². The Bertz CT molecular complexity index is 1120. The molecule has 30 heavy (non-hydrogen) atoms. The normalized spacial score (nSPS) is 10.7. The van der Waals surface area contributed by atoms with Crippen molar-refractivity contribution in [2.45, 2.75) is 12.1 Å². The number of methoxy groups -OCH3 is 1. The third kappa shape index (κ3) is 4.38. The van der Waals surface area contributed by atoms with E-state index in [4.69, 9.17) is 4.74 Å². The summed E-state index contributed by atoms with van der Waals surface area (Å²) in [5.41, 5.74) is 2.85. The van der Waals surface area contributed by atoms with Gasteiger partial charge in [-0.15, -0.1) is 10.2 Å². The summed E-state index contributed by atoms with van der Waals surface area (Å²) in [5, 5.41) is 12.2. The molecule has 1 N–H and O–H groups in total. The number of nitrogens with zero attached hydrogens (tertiary/aromatic N) is 4. The third-order valence-electron chi connectivity index (χ3n) is 4.45. The molecule has 0 aliphatic rings. The van der Waals surface area contributed by atoms with Crippen LogP contribution in [0.1, 0.15) is 5.56 Å². The van der Waals surface area contributed by atoms with Crippen molar-refractivity contribution in [3.8, 4) is 17.1 Å². The second-order valence-corrected chi connectivity index (χ2v) is 7.55. The van der Waals surface area contributed by atoms with Gasteiger partial charge in [-0.05, 0) is 43.3 Å². The van der Waals surface area contributed by atoms with E-state index in [1.54, 1.807) is 31.4 Å². The van der Waals surface area contributed by atoms with Gasteiger partial charge in [0.25, 0.3) is 0 Å². The monoisotopic (exact) mass is 419 g/mol. The minimum absolute atomic E-state index is 0.121. The number of amides is 1. The predicted octanol–water partition coefficient (Wildman–Crippen LogP) is 4.11. The van der Waals surface area contributed by atoms with E-state index in [1.165, 1.54) is 17.3 Å². The molecule has 4 rings (SSSR count). The molecule has 0 saturated carbocycles. The molecule has 2 aromatic heterocycles. The molecule has 0 saturated heterocycles. The van der Waals surface area contributed by atoms with Gasteiger partial charge >= 0.3 is 0 Å². The fourth-order valence-electron chi connectivity index (χ4n) is 2.91. The van der Waals surface area contributed by atoms with E-state index in [0.717, 1.165) is 11.3 Å². The summed E-state index contributed by atoms with van der Waals surface area (Å²) < 4.78 is 8.94. The predicted molar refractivity (Wildman–Crippen MR) is 118 cm³/mol. The number of nitrogens with one attached hydrogen (secondary N) is 1. The quantitative estimate of drug-likeness (QED) is 0.457. The smallest absolute Gasteiger partial charge is 0.234 e. The number of carbonyl (C=O) groups is 1. The third-order valence-corrected chi connectivity index (χ3v) is 5.37. The lowest BCUT2D eigenvalue weighted by Gasteiger charge is -2.11. The van der Waals surface area contributed by atoms with Crippen LogP contribution in [0.2, 0.25) is 0 Å². The zero-order valence-corrected chi connectivity index (χ0v) is 17.5. The van der Waals surface area contributed by atoms with Crippen LogP contribution in [0.4, 0.5) is 5.69 Å². The topological polar surface area (TPSA) is 74.0 Å². The Labute approximate surface area is 178 Å². The van der Waals surface area contributed by atoms with Crippen LogP contribution < -0.4 is 10.1 Å². The Morgan fingerprint density at radius 2 is 1.73 bits per heavy atom. The largest absolute Gasteiger partial charge is 0.497 e. The lowest BCUT2D eigenvalue weighted by atomic mass is 10.1. The van der Waals surface area contributed by atoms with E-state index in [2.05, 4.69) is 15.5 Å². The summed E-state index contributed by atoms with van der Waals surface area (Å²) in [6.45, 7) is 2.04. The highest BCUT2D eigenvalue weighted by molar-refractivity contribution is 7.99. The summed E-state index contributed by atoms with van der Waals surface area (Å²) >= 11 is 1.33. The van der Waals surface area contributed by atoms with Crippen LogP contribution in [0, 0.1) is 6.92 Å². The summed E-state index contributed by atoms with van der Waals surface area (Å²) in [6, 6.07) is 19.2. The molecule has 4 aromatic rings. The number of hydrogen-bond donors (Lipinski definition) is 1. The maximum Gasteiger partial charge on any atom is 0.234 e. The minimum Gasteiger partial charge on any atom is -0.497 e.